The van der Waals surface area contributed by atoms with Crippen molar-refractivity contribution in [2.75, 3.05) is 26.2 Å². The highest BCUT2D eigenvalue weighted by molar-refractivity contribution is 5.29. The molecule has 14 heavy (non-hydrogen) atoms. The molecule has 80 valence electrons. The molecule has 0 spiro atoms. The van der Waals surface area contributed by atoms with Gasteiger partial charge in [0.05, 0.1) is 0 Å². The van der Waals surface area contributed by atoms with Crippen molar-refractivity contribution < 1.29 is 4.39 Å². The van der Waals surface area contributed by atoms with Crippen molar-refractivity contribution in [1.82, 2.24) is 4.90 Å². The van der Waals surface area contributed by atoms with Crippen molar-refractivity contribution in [3.05, 3.63) is 24.2 Å². The van der Waals surface area contributed by atoms with E-state index in [0.717, 1.165) is 13.1 Å². The highest BCUT2D eigenvalue weighted by Gasteiger charge is 2.02. The van der Waals surface area contributed by atoms with Gasteiger partial charge in [-0.05, 0) is 24.9 Å². The van der Waals surface area contributed by atoms with E-state index < -0.39 is 5.95 Å². The molecular formula is C10H18FN3. The minimum Gasteiger partial charge on any atom is -0.329 e. The summed E-state index contributed by atoms with van der Waals surface area (Å²) in [5.74, 6) is -0.598. The number of aliphatic imine (C=N–C) groups is 1. The first kappa shape index (κ1) is 13.0. The first-order chi connectivity index (χ1) is 6.63. The van der Waals surface area contributed by atoms with E-state index in [1.807, 2.05) is 6.92 Å². The molecule has 0 aromatic carbocycles. The standard InChI is InChI=1S/C10H18FN3/c1-4-14(6-5-12)8-9(2)7-10(11)13-3/h7H,2-6,8,12H2,1H3/b10-7-. The molecule has 0 aliphatic heterocycles. The zero-order chi connectivity index (χ0) is 11.0. The van der Waals surface area contributed by atoms with Gasteiger partial charge >= 0.3 is 0 Å². The molecule has 0 radical (unpaired) electrons. The van der Waals surface area contributed by atoms with Gasteiger partial charge in [0.15, 0.2) is 0 Å². The Kier molecular flexibility index (Phi) is 6.88. The van der Waals surface area contributed by atoms with Crippen molar-refractivity contribution >= 4 is 6.72 Å². The molecule has 2 N–H and O–H groups in total. The van der Waals surface area contributed by atoms with E-state index >= 15 is 0 Å². The number of likely N-dealkylation sites (N-methyl/N-ethyl adjacent to an activating group) is 1. The Balaban J connectivity index is 4.08. The predicted octanol–water partition coefficient (Wildman–Crippen LogP) is 1.33. The summed E-state index contributed by atoms with van der Waals surface area (Å²) in [5.41, 5.74) is 6.09. The smallest absolute Gasteiger partial charge is 0.212 e. The average Bonchev–Trinajstić information content (AvgIpc) is 2.16. The van der Waals surface area contributed by atoms with Gasteiger partial charge in [-0.25, -0.2) is 4.99 Å². The van der Waals surface area contributed by atoms with Crippen molar-refractivity contribution in [3.8, 4) is 0 Å². The van der Waals surface area contributed by atoms with E-state index in [0.29, 0.717) is 18.7 Å². The lowest BCUT2D eigenvalue weighted by molar-refractivity contribution is 0.323. The van der Waals surface area contributed by atoms with Crippen molar-refractivity contribution in [2.45, 2.75) is 6.92 Å². The van der Waals surface area contributed by atoms with E-state index in [9.17, 15) is 4.39 Å². The Hall–Kier alpha value is -1.00. The topological polar surface area (TPSA) is 41.6 Å². The molecule has 3 nitrogen and oxygen atoms in total. The van der Waals surface area contributed by atoms with Crippen LogP contribution in [-0.4, -0.2) is 37.8 Å². The minimum absolute atomic E-state index is 0.590. The van der Waals surface area contributed by atoms with Gasteiger partial charge in [-0.1, -0.05) is 13.5 Å². The van der Waals surface area contributed by atoms with Gasteiger partial charge in [-0.3, -0.25) is 4.90 Å². The zero-order valence-electron chi connectivity index (χ0n) is 8.67. The summed E-state index contributed by atoms with van der Waals surface area (Å²) in [6.07, 6.45) is 1.28. The molecule has 0 bridgehead atoms. The van der Waals surface area contributed by atoms with Crippen LogP contribution in [0.15, 0.2) is 29.2 Å². The molecule has 0 saturated heterocycles. The molecule has 0 rings (SSSR count). The Labute approximate surface area is 84.8 Å². The largest absolute Gasteiger partial charge is 0.329 e. The SMILES string of the molecule is C=N/C(F)=C\C(=C)CN(CC)CCN. The molecule has 0 aromatic rings. The second kappa shape index (κ2) is 7.41. The molecule has 0 fully saturated rings. The van der Waals surface area contributed by atoms with Gasteiger partial charge in [0, 0.05) is 19.6 Å². The third-order valence-electron chi connectivity index (χ3n) is 1.79. The van der Waals surface area contributed by atoms with Gasteiger partial charge in [0.2, 0.25) is 5.95 Å². The summed E-state index contributed by atoms with van der Waals surface area (Å²) in [6.45, 7) is 11.7. The van der Waals surface area contributed by atoms with Gasteiger partial charge in [0.1, 0.15) is 0 Å². The molecule has 0 saturated carbocycles. The molecule has 0 aliphatic rings. The summed E-state index contributed by atoms with van der Waals surface area (Å²) in [5, 5.41) is 0. The number of hydrogen-bond acceptors (Lipinski definition) is 3. The summed E-state index contributed by atoms with van der Waals surface area (Å²) in [4.78, 5) is 5.23. The molecule has 0 heterocycles. The minimum atomic E-state index is -0.598. The van der Waals surface area contributed by atoms with Crippen LogP contribution in [0.3, 0.4) is 0 Å². The normalized spacial score (nSPS) is 11.9. The van der Waals surface area contributed by atoms with Crippen molar-refractivity contribution in [3.63, 3.8) is 0 Å². The highest BCUT2D eigenvalue weighted by atomic mass is 19.1. The molecular weight excluding hydrogens is 181 g/mol. The zero-order valence-corrected chi connectivity index (χ0v) is 8.67. The van der Waals surface area contributed by atoms with Crippen LogP contribution in [0.4, 0.5) is 4.39 Å². The Morgan fingerprint density at radius 1 is 1.64 bits per heavy atom. The first-order valence-electron chi connectivity index (χ1n) is 4.58. The van der Waals surface area contributed by atoms with Gasteiger partial charge in [-0.2, -0.15) is 4.39 Å². The number of nitrogens with two attached hydrogens (primary N) is 1. The fraction of sp³-hybridized carbons (Fsp3) is 0.500. The number of rotatable bonds is 7. The van der Waals surface area contributed by atoms with Crippen LogP contribution in [0.5, 0.6) is 0 Å². The van der Waals surface area contributed by atoms with Crippen LogP contribution in [0.1, 0.15) is 6.92 Å². The second-order valence-corrected chi connectivity index (χ2v) is 2.94. The molecule has 0 amide bonds. The highest BCUT2D eigenvalue weighted by Crippen LogP contribution is 2.04. The van der Waals surface area contributed by atoms with Crippen molar-refractivity contribution in [1.29, 1.82) is 0 Å². The average molecular weight is 199 g/mol. The van der Waals surface area contributed by atoms with Crippen LogP contribution in [0.25, 0.3) is 0 Å². The lowest BCUT2D eigenvalue weighted by Crippen LogP contribution is -2.30. The third-order valence-corrected chi connectivity index (χ3v) is 1.79. The number of halogens is 1. The molecule has 4 heteroatoms. The first-order valence-corrected chi connectivity index (χ1v) is 4.58. The van der Waals surface area contributed by atoms with Crippen LogP contribution >= 0.6 is 0 Å². The van der Waals surface area contributed by atoms with Crippen LogP contribution in [0.2, 0.25) is 0 Å². The molecule has 0 unspecified atom stereocenters. The maximum Gasteiger partial charge on any atom is 0.212 e. The molecule has 0 aromatic heterocycles. The van der Waals surface area contributed by atoms with Crippen LogP contribution in [0, 0.1) is 0 Å². The Morgan fingerprint density at radius 2 is 2.29 bits per heavy atom. The predicted molar refractivity (Wildman–Crippen MR) is 59.0 cm³/mol. The third kappa shape index (κ3) is 5.61. The lowest BCUT2D eigenvalue weighted by Gasteiger charge is -2.19. The van der Waals surface area contributed by atoms with Crippen LogP contribution in [-0.2, 0) is 0 Å². The fourth-order valence-electron chi connectivity index (χ4n) is 1.08. The van der Waals surface area contributed by atoms with E-state index in [1.165, 1.54) is 6.08 Å². The molecule has 0 atom stereocenters. The van der Waals surface area contributed by atoms with Gasteiger partial charge in [0.25, 0.3) is 0 Å². The quantitative estimate of drug-likeness (QED) is 0.382. The lowest BCUT2D eigenvalue weighted by atomic mass is 10.2. The number of hydrogen-bond donors (Lipinski definition) is 1. The van der Waals surface area contributed by atoms with E-state index in [4.69, 9.17) is 5.73 Å². The summed E-state index contributed by atoms with van der Waals surface area (Å²) < 4.78 is 12.7. The van der Waals surface area contributed by atoms with E-state index in [1.54, 1.807) is 0 Å². The maximum atomic E-state index is 12.7. The summed E-state index contributed by atoms with van der Waals surface area (Å²) >= 11 is 0. The monoisotopic (exact) mass is 199 g/mol. The van der Waals surface area contributed by atoms with Gasteiger partial charge in [-0.15, -0.1) is 0 Å². The van der Waals surface area contributed by atoms with Crippen molar-refractivity contribution in [2.24, 2.45) is 10.7 Å². The summed E-state index contributed by atoms with van der Waals surface area (Å²) in [7, 11) is 0. The number of nitrogens with zero attached hydrogens (tertiary/aromatic N) is 2. The van der Waals surface area contributed by atoms with Crippen LogP contribution < -0.4 is 5.73 Å². The maximum absolute atomic E-state index is 12.7. The second-order valence-electron chi connectivity index (χ2n) is 2.94. The van der Waals surface area contributed by atoms with Gasteiger partial charge < -0.3 is 5.73 Å². The molecule has 0 aliphatic carbocycles. The Bertz CT molecular complexity index is 223. The van der Waals surface area contributed by atoms with E-state index in [-0.39, 0.29) is 0 Å². The Morgan fingerprint density at radius 3 is 2.71 bits per heavy atom. The fourth-order valence-corrected chi connectivity index (χ4v) is 1.08. The summed E-state index contributed by atoms with van der Waals surface area (Å²) in [6, 6.07) is 0. The van der Waals surface area contributed by atoms with E-state index in [2.05, 4.69) is 23.2 Å².